The van der Waals surface area contributed by atoms with Gasteiger partial charge >= 0.3 is 0 Å². The van der Waals surface area contributed by atoms with E-state index in [4.69, 9.17) is 9.47 Å². The molecule has 0 unspecified atom stereocenters. The Morgan fingerprint density at radius 3 is 2.74 bits per heavy atom. The third-order valence-corrected chi connectivity index (χ3v) is 5.93. The van der Waals surface area contributed by atoms with Crippen LogP contribution in [-0.4, -0.2) is 49.2 Å². The van der Waals surface area contributed by atoms with Gasteiger partial charge in [0, 0.05) is 54.2 Å². The summed E-state index contributed by atoms with van der Waals surface area (Å²) in [6.07, 6.45) is 0.525. The highest BCUT2D eigenvalue weighted by Gasteiger charge is 2.32. The summed E-state index contributed by atoms with van der Waals surface area (Å²) in [5.41, 5.74) is 4.46. The van der Waals surface area contributed by atoms with Crippen LogP contribution in [0.3, 0.4) is 0 Å². The molecule has 0 radical (unpaired) electrons. The van der Waals surface area contributed by atoms with Crippen LogP contribution in [0.2, 0.25) is 0 Å². The van der Waals surface area contributed by atoms with Crippen molar-refractivity contribution in [3.8, 4) is 0 Å². The minimum Gasteiger partial charge on any atom is -0.487 e. The molecule has 1 fully saturated rings. The van der Waals surface area contributed by atoms with E-state index in [9.17, 15) is 9.18 Å². The monoisotopic (exact) mass is 423 g/mol. The quantitative estimate of drug-likeness (QED) is 0.735. The fraction of sp³-hybridized carbons (Fsp3) is 0.375. The normalized spacial score (nSPS) is 25.1. The molecule has 2 atom stereocenters. The Morgan fingerprint density at radius 2 is 1.94 bits per heavy atom. The van der Waals surface area contributed by atoms with Gasteiger partial charge in [0.25, 0.3) is 5.91 Å². The number of benzene rings is 2. The van der Waals surface area contributed by atoms with E-state index in [2.05, 4.69) is 35.4 Å². The number of carbonyl (C=O) groups excluding carboxylic acids is 1. The van der Waals surface area contributed by atoms with Crippen LogP contribution in [0, 0.1) is 5.82 Å². The molecule has 2 aromatic rings. The van der Waals surface area contributed by atoms with Crippen molar-refractivity contribution in [1.29, 1.82) is 0 Å². The zero-order valence-corrected chi connectivity index (χ0v) is 17.7. The van der Waals surface area contributed by atoms with Crippen molar-refractivity contribution in [2.45, 2.75) is 32.7 Å². The zero-order valence-electron chi connectivity index (χ0n) is 17.7. The number of nitrogens with one attached hydrogen (secondary N) is 2. The lowest BCUT2D eigenvalue weighted by Crippen LogP contribution is -2.46. The maximum Gasteiger partial charge on any atom is 0.260 e. The number of hydrogen-bond donors (Lipinski definition) is 2. The van der Waals surface area contributed by atoms with Crippen molar-refractivity contribution >= 4 is 28.6 Å². The Hall–Kier alpha value is -2.90. The van der Waals surface area contributed by atoms with Crippen LogP contribution in [0.4, 0.5) is 15.8 Å². The van der Waals surface area contributed by atoms with Gasteiger partial charge < -0.3 is 20.1 Å². The van der Waals surface area contributed by atoms with Crippen molar-refractivity contribution in [3.63, 3.8) is 0 Å². The van der Waals surface area contributed by atoms with Crippen LogP contribution >= 0.6 is 0 Å². The molecule has 5 rings (SSSR count). The number of carbonyl (C=O) groups is 1. The minimum absolute atomic E-state index is 0.263. The Morgan fingerprint density at radius 1 is 1.13 bits per heavy atom. The van der Waals surface area contributed by atoms with Gasteiger partial charge in [0.1, 0.15) is 18.2 Å². The maximum atomic E-state index is 13.8. The van der Waals surface area contributed by atoms with Gasteiger partial charge in [-0.2, -0.15) is 0 Å². The number of anilines is 2. The smallest absolute Gasteiger partial charge is 0.260 e. The molecule has 3 aliphatic rings. The van der Waals surface area contributed by atoms with Gasteiger partial charge in [-0.25, -0.2) is 4.39 Å². The van der Waals surface area contributed by atoms with Gasteiger partial charge in [-0.1, -0.05) is 0 Å². The van der Waals surface area contributed by atoms with E-state index in [0.717, 1.165) is 43.0 Å². The van der Waals surface area contributed by atoms with Crippen molar-refractivity contribution in [2.24, 2.45) is 0 Å². The lowest BCUT2D eigenvalue weighted by Gasteiger charge is -2.35. The molecule has 7 heteroatoms. The van der Waals surface area contributed by atoms with E-state index in [1.807, 2.05) is 12.1 Å². The predicted molar refractivity (Wildman–Crippen MR) is 118 cm³/mol. The summed E-state index contributed by atoms with van der Waals surface area (Å²) in [6.45, 7) is 8.29. The molecule has 1 saturated heterocycles. The minimum atomic E-state index is -0.379. The number of halogens is 1. The predicted octanol–water partition coefficient (Wildman–Crippen LogP) is 3.70. The van der Waals surface area contributed by atoms with Gasteiger partial charge in [-0.3, -0.25) is 9.69 Å². The number of amides is 1. The molecule has 3 aliphatic heterocycles. The first-order chi connectivity index (χ1) is 15.0. The molecule has 1 amide bonds. The largest absolute Gasteiger partial charge is 0.487 e. The van der Waals surface area contributed by atoms with E-state index >= 15 is 0 Å². The molecule has 0 bridgehead atoms. The molecule has 0 spiro atoms. The van der Waals surface area contributed by atoms with E-state index in [0.29, 0.717) is 29.2 Å². The van der Waals surface area contributed by atoms with Crippen LogP contribution in [0.5, 0.6) is 0 Å². The SMILES string of the molecule is C[C@@H]1CN(CCNc2ccc3c(c2)COC3=C2C(=O)Nc3ccc(F)cc32)C[C@H](C)O1. The first-order valence-electron chi connectivity index (χ1n) is 10.7. The van der Waals surface area contributed by atoms with E-state index in [1.54, 1.807) is 6.07 Å². The Labute approximate surface area is 181 Å². The van der Waals surface area contributed by atoms with Gasteiger partial charge in [-0.15, -0.1) is 0 Å². The van der Waals surface area contributed by atoms with Crippen LogP contribution < -0.4 is 10.6 Å². The highest BCUT2D eigenvalue weighted by Crippen LogP contribution is 2.42. The molecular weight excluding hydrogens is 397 g/mol. The Balaban J connectivity index is 1.31. The van der Waals surface area contributed by atoms with E-state index in [1.165, 1.54) is 12.1 Å². The second-order valence-electron chi connectivity index (χ2n) is 8.45. The topological polar surface area (TPSA) is 62.8 Å². The average molecular weight is 423 g/mol. The standard InChI is InChI=1S/C24H26FN3O3/c1-14-11-28(12-15(2)31-14)8-7-26-18-4-5-19-16(9-18)13-30-23(19)22-20-10-17(25)3-6-21(20)27-24(22)29/h3-6,9-10,14-15,26H,7-8,11-13H2,1-2H3,(H,27,29)/t14-,15+. The summed E-state index contributed by atoms with van der Waals surface area (Å²) >= 11 is 0. The molecular formula is C24H26FN3O3. The van der Waals surface area contributed by atoms with Gasteiger partial charge in [0.05, 0.1) is 17.8 Å². The van der Waals surface area contributed by atoms with Crippen LogP contribution in [0.25, 0.3) is 11.3 Å². The fourth-order valence-electron chi connectivity index (χ4n) is 4.67. The third-order valence-electron chi connectivity index (χ3n) is 5.93. The summed E-state index contributed by atoms with van der Waals surface area (Å²) in [4.78, 5) is 15.0. The van der Waals surface area contributed by atoms with Crippen molar-refractivity contribution in [3.05, 3.63) is 58.9 Å². The molecule has 6 nitrogen and oxygen atoms in total. The fourth-order valence-corrected chi connectivity index (χ4v) is 4.67. The number of fused-ring (bicyclic) bond motifs is 2. The maximum absolute atomic E-state index is 13.8. The summed E-state index contributed by atoms with van der Waals surface area (Å²) in [7, 11) is 0. The van der Waals surface area contributed by atoms with Crippen LogP contribution in [0.15, 0.2) is 36.4 Å². The van der Waals surface area contributed by atoms with E-state index in [-0.39, 0.29) is 23.9 Å². The Kier molecular flexibility index (Phi) is 5.16. The summed E-state index contributed by atoms with van der Waals surface area (Å²) < 4.78 is 25.5. The van der Waals surface area contributed by atoms with Crippen molar-refractivity contribution < 1.29 is 18.7 Å². The molecule has 2 N–H and O–H groups in total. The first-order valence-corrected chi connectivity index (χ1v) is 10.7. The first kappa shape index (κ1) is 20.0. The third kappa shape index (κ3) is 3.91. The molecule has 0 aliphatic carbocycles. The number of rotatable bonds is 4. The zero-order chi connectivity index (χ0) is 21.5. The van der Waals surface area contributed by atoms with Crippen LogP contribution in [-0.2, 0) is 20.9 Å². The number of nitrogens with zero attached hydrogens (tertiary/aromatic N) is 1. The molecule has 3 heterocycles. The molecule has 0 saturated carbocycles. The number of ether oxygens (including phenoxy) is 2. The Bertz CT molecular complexity index is 1060. The second-order valence-corrected chi connectivity index (χ2v) is 8.45. The summed E-state index contributed by atoms with van der Waals surface area (Å²) in [5, 5.41) is 6.27. The van der Waals surface area contributed by atoms with Crippen LogP contribution in [0.1, 0.15) is 30.5 Å². The molecule has 162 valence electrons. The molecule has 0 aromatic heterocycles. The lowest BCUT2D eigenvalue weighted by molar-refractivity contribution is -0.110. The number of morpholine rings is 1. The number of hydrogen-bond acceptors (Lipinski definition) is 5. The average Bonchev–Trinajstić information content (AvgIpc) is 3.26. The molecule has 2 aromatic carbocycles. The lowest BCUT2D eigenvalue weighted by atomic mass is 10.00. The second kappa shape index (κ2) is 7.98. The highest BCUT2D eigenvalue weighted by atomic mass is 19.1. The highest BCUT2D eigenvalue weighted by molar-refractivity contribution is 6.36. The van der Waals surface area contributed by atoms with Gasteiger partial charge in [-0.05, 0) is 50.2 Å². The summed E-state index contributed by atoms with van der Waals surface area (Å²) in [5.74, 6) is -0.130. The van der Waals surface area contributed by atoms with Gasteiger partial charge in [0.2, 0.25) is 0 Å². The van der Waals surface area contributed by atoms with Crippen molar-refractivity contribution in [1.82, 2.24) is 4.90 Å². The van der Waals surface area contributed by atoms with Gasteiger partial charge in [0.15, 0.2) is 0 Å². The van der Waals surface area contributed by atoms with Crippen molar-refractivity contribution in [2.75, 3.05) is 36.8 Å². The summed E-state index contributed by atoms with van der Waals surface area (Å²) in [6, 6.07) is 10.3. The molecule has 31 heavy (non-hydrogen) atoms. The van der Waals surface area contributed by atoms with E-state index < -0.39 is 0 Å².